The van der Waals surface area contributed by atoms with Crippen LogP contribution in [0.3, 0.4) is 0 Å². The van der Waals surface area contributed by atoms with E-state index in [1.165, 1.54) is 20.2 Å². The van der Waals surface area contributed by atoms with Crippen molar-refractivity contribution in [2.45, 2.75) is 6.92 Å². The first-order chi connectivity index (χ1) is 11.9. The molecule has 2 aromatic rings. The van der Waals surface area contributed by atoms with E-state index in [2.05, 4.69) is 31.8 Å². The van der Waals surface area contributed by atoms with Gasteiger partial charge in [-0.05, 0) is 36.4 Å². The summed E-state index contributed by atoms with van der Waals surface area (Å²) >= 11 is 3.30. The highest BCUT2D eigenvalue weighted by Crippen LogP contribution is 2.32. The number of phenols is 1. The maximum Gasteiger partial charge on any atom is 0.271 e. The summed E-state index contributed by atoms with van der Waals surface area (Å²) in [6.07, 6.45) is 1.31. The van der Waals surface area contributed by atoms with Crippen LogP contribution in [0.1, 0.15) is 22.8 Å². The maximum atomic E-state index is 12.0. The molecule has 0 atom stereocenters. The average molecular weight is 406 g/mol. The molecule has 0 unspecified atom stereocenters. The molecule has 2 amide bonds. The van der Waals surface area contributed by atoms with Gasteiger partial charge in [-0.25, -0.2) is 5.43 Å². The molecule has 2 rings (SSSR count). The van der Waals surface area contributed by atoms with Crippen LogP contribution >= 0.6 is 15.9 Å². The van der Waals surface area contributed by atoms with Crippen molar-refractivity contribution in [2.75, 3.05) is 12.4 Å². The molecule has 130 valence electrons. The summed E-state index contributed by atoms with van der Waals surface area (Å²) in [6.45, 7) is 1.40. The van der Waals surface area contributed by atoms with Crippen molar-refractivity contribution in [1.29, 1.82) is 0 Å². The molecule has 0 aliphatic rings. The summed E-state index contributed by atoms with van der Waals surface area (Å²) in [5, 5.41) is 16.5. The molecule has 7 nitrogen and oxygen atoms in total. The number of hydrazone groups is 1. The number of aromatic hydroxyl groups is 1. The molecule has 2 aromatic carbocycles. The molecule has 0 aliphatic heterocycles. The number of nitrogens with one attached hydrogen (secondary N) is 2. The second-order valence-corrected chi connectivity index (χ2v) is 5.92. The lowest BCUT2D eigenvalue weighted by molar-refractivity contribution is -0.114. The number of carbonyl (C=O) groups excluding carboxylic acids is 2. The highest BCUT2D eigenvalue weighted by Gasteiger charge is 2.09. The molecule has 0 saturated carbocycles. The van der Waals surface area contributed by atoms with E-state index in [0.717, 1.165) is 0 Å². The molecule has 0 spiro atoms. The number of benzene rings is 2. The summed E-state index contributed by atoms with van der Waals surface area (Å²) in [6, 6.07) is 9.61. The van der Waals surface area contributed by atoms with E-state index in [4.69, 9.17) is 4.74 Å². The Morgan fingerprint density at radius 3 is 2.52 bits per heavy atom. The third kappa shape index (κ3) is 5.05. The number of hydrogen-bond acceptors (Lipinski definition) is 5. The Morgan fingerprint density at radius 2 is 1.92 bits per heavy atom. The number of amides is 2. The Morgan fingerprint density at radius 1 is 1.24 bits per heavy atom. The van der Waals surface area contributed by atoms with Gasteiger partial charge >= 0.3 is 0 Å². The third-order valence-corrected chi connectivity index (χ3v) is 3.58. The molecule has 0 bridgehead atoms. The van der Waals surface area contributed by atoms with Crippen molar-refractivity contribution in [2.24, 2.45) is 5.10 Å². The second-order valence-electron chi connectivity index (χ2n) is 5.00. The molecule has 0 radical (unpaired) electrons. The number of phenolic OH excluding ortho intramolecular Hbond substituents is 1. The first-order valence-corrected chi connectivity index (χ1v) is 7.97. The predicted molar refractivity (Wildman–Crippen MR) is 98.2 cm³/mol. The first-order valence-electron chi connectivity index (χ1n) is 7.18. The van der Waals surface area contributed by atoms with E-state index in [1.54, 1.807) is 36.4 Å². The van der Waals surface area contributed by atoms with Gasteiger partial charge in [0.15, 0.2) is 11.5 Å². The van der Waals surface area contributed by atoms with E-state index >= 15 is 0 Å². The zero-order valence-electron chi connectivity index (χ0n) is 13.5. The Kier molecular flexibility index (Phi) is 6.13. The average Bonchev–Trinajstić information content (AvgIpc) is 2.57. The van der Waals surface area contributed by atoms with E-state index < -0.39 is 5.91 Å². The van der Waals surface area contributed by atoms with Gasteiger partial charge in [-0.2, -0.15) is 5.10 Å². The summed E-state index contributed by atoms with van der Waals surface area (Å²) in [7, 11) is 1.44. The highest BCUT2D eigenvalue weighted by atomic mass is 79.9. The van der Waals surface area contributed by atoms with Crippen LogP contribution in [0.15, 0.2) is 46.0 Å². The van der Waals surface area contributed by atoms with Gasteiger partial charge in [-0.3, -0.25) is 9.59 Å². The number of rotatable bonds is 5. The summed E-state index contributed by atoms with van der Waals surface area (Å²) in [4.78, 5) is 23.0. The molecule has 0 fully saturated rings. The molecule has 3 N–H and O–H groups in total. The summed E-state index contributed by atoms with van der Waals surface area (Å²) < 4.78 is 5.74. The molecular formula is C17H16BrN3O4. The van der Waals surface area contributed by atoms with Crippen LogP contribution in [-0.2, 0) is 4.79 Å². The van der Waals surface area contributed by atoms with Gasteiger partial charge in [-0.15, -0.1) is 0 Å². The van der Waals surface area contributed by atoms with Crippen molar-refractivity contribution in [1.82, 2.24) is 5.43 Å². The van der Waals surface area contributed by atoms with Crippen molar-refractivity contribution < 1.29 is 19.4 Å². The number of ether oxygens (including phenoxy) is 1. The monoisotopic (exact) mass is 405 g/mol. The van der Waals surface area contributed by atoms with Gasteiger partial charge < -0.3 is 15.2 Å². The number of hydrogen-bond donors (Lipinski definition) is 3. The predicted octanol–water partition coefficient (Wildman–Crippen LogP) is 2.89. The minimum atomic E-state index is -0.424. The zero-order chi connectivity index (χ0) is 18.4. The number of methoxy groups -OCH3 is 1. The lowest BCUT2D eigenvalue weighted by Crippen LogP contribution is -2.17. The summed E-state index contributed by atoms with van der Waals surface area (Å²) in [5.41, 5.74) is 3.72. The van der Waals surface area contributed by atoms with Crippen LogP contribution in [0.4, 0.5) is 5.69 Å². The number of halogens is 1. The van der Waals surface area contributed by atoms with E-state index in [9.17, 15) is 14.7 Å². The molecular weight excluding hydrogens is 390 g/mol. The SMILES string of the molecule is COc1cc(Br)cc(C=NNC(=O)c2ccc(NC(C)=O)cc2)c1O. The van der Waals surface area contributed by atoms with Gasteiger partial charge in [-0.1, -0.05) is 15.9 Å². The van der Waals surface area contributed by atoms with Gasteiger partial charge in [0.2, 0.25) is 5.91 Å². The van der Waals surface area contributed by atoms with Crippen molar-refractivity contribution in [3.05, 3.63) is 52.0 Å². The Bertz CT molecular complexity index is 819. The fourth-order valence-electron chi connectivity index (χ4n) is 1.98. The topological polar surface area (TPSA) is 100 Å². The number of anilines is 1. The fraction of sp³-hybridized carbons (Fsp3) is 0.118. The van der Waals surface area contributed by atoms with E-state index in [1.807, 2.05) is 0 Å². The highest BCUT2D eigenvalue weighted by molar-refractivity contribution is 9.10. The van der Waals surface area contributed by atoms with Gasteiger partial charge in [0.25, 0.3) is 5.91 Å². The molecule has 0 aliphatic carbocycles. The van der Waals surface area contributed by atoms with Crippen molar-refractivity contribution in [3.8, 4) is 11.5 Å². The van der Waals surface area contributed by atoms with E-state index in [-0.39, 0.29) is 17.4 Å². The Hall–Kier alpha value is -2.87. The molecule has 0 heterocycles. The van der Waals surface area contributed by atoms with Crippen LogP contribution in [0, 0.1) is 0 Å². The first kappa shape index (κ1) is 18.5. The lowest BCUT2D eigenvalue weighted by Gasteiger charge is -2.07. The minimum absolute atomic E-state index is 0.0802. The maximum absolute atomic E-state index is 12.0. The third-order valence-electron chi connectivity index (χ3n) is 3.13. The molecule has 8 heteroatoms. The lowest BCUT2D eigenvalue weighted by atomic mass is 10.2. The standard InChI is InChI=1S/C17H16BrN3O4/c1-10(22)20-14-5-3-11(4-6-14)17(24)21-19-9-12-7-13(18)8-15(25-2)16(12)23/h3-9,23H,1-2H3,(H,20,22)(H,21,24). The van der Waals surface area contributed by atoms with Crippen LogP contribution in [-0.4, -0.2) is 30.2 Å². The fourth-order valence-corrected chi connectivity index (χ4v) is 2.44. The normalized spacial score (nSPS) is 10.5. The van der Waals surface area contributed by atoms with Crippen molar-refractivity contribution in [3.63, 3.8) is 0 Å². The molecule has 0 saturated heterocycles. The number of carbonyl (C=O) groups is 2. The zero-order valence-corrected chi connectivity index (χ0v) is 15.1. The quantitative estimate of drug-likeness (QED) is 0.525. The van der Waals surface area contributed by atoms with Crippen LogP contribution in [0.5, 0.6) is 11.5 Å². The largest absolute Gasteiger partial charge is 0.504 e. The Balaban J connectivity index is 2.06. The van der Waals surface area contributed by atoms with Gasteiger partial charge in [0.1, 0.15) is 0 Å². The van der Waals surface area contributed by atoms with E-state index in [0.29, 0.717) is 21.3 Å². The van der Waals surface area contributed by atoms with Crippen LogP contribution in [0.2, 0.25) is 0 Å². The molecule has 25 heavy (non-hydrogen) atoms. The Labute approximate surface area is 152 Å². The van der Waals surface area contributed by atoms with Gasteiger partial charge in [0.05, 0.1) is 13.3 Å². The minimum Gasteiger partial charge on any atom is -0.504 e. The van der Waals surface area contributed by atoms with Crippen LogP contribution in [0.25, 0.3) is 0 Å². The smallest absolute Gasteiger partial charge is 0.271 e. The second kappa shape index (κ2) is 8.29. The number of nitrogens with zero attached hydrogens (tertiary/aromatic N) is 1. The van der Waals surface area contributed by atoms with Crippen LogP contribution < -0.4 is 15.5 Å². The molecule has 0 aromatic heterocycles. The van der Waals surface area contributed by atoms with Crippen molar-refractivity contribution >= 4 is 39.6 Å². The van der Waals surface area contributed by atoms with Gasteiger partial charge in [0, 0.05) is 28.2 Å². The summed E-state index contributed by atoms with van der Waals surface area (Å²) in [5.74, 6) is -0.405.